The number of carbonyl (C=O) groups is 1. The highest BCUT2D eigenvalue weighted by Gasteiger charge is 2.18. The summed E-state index contributed by atoms with van der Waals surface area (Å²) in [7, 11) is 0. The van der Waals surface area contributed by atoms with E-state index in [2.05, 4.69) is 0 Å². The molecule has 0 bridgehead atoms. The Hall–Kier alpha value is -4.12. The van der Waals surface area contributed by atoms with E-state index in [1.54, 1.807) is 4.57 Å². The molecule has 0 radical (unpaired) electrons. The number of carboxylic acid groups (broad SMARTS) is 1. The second-order valence-electron chi connectivity index (χ2n) is 8.36. The molecule has 0 saturated heterocycles. The molecule has 0 saturated carbocycles. The Morgan fingerprint density at radius 1 is 0.848 bits per heavy atom. The van der Waals surface area contributed by atoms with E-state index in [0.717, 1.165) is 38.7 Å². The molecular formula is C28H24N2O3. The van der Waals surface area contributed by atoms with Crippen LogP contribution >= 0.6 is 0 Å². The number of hydrogen-bond donors (Lipinski definition) is 1. The minimum absolute atomic E-state index is 0.0109. The van der Waals surface area contributed by atoms with Gasteiger partial charge in [0.05, 0.1) is 6.54 Å². The predicted molar refractivity (Wildman–Crippen MR) is 131 cm³/mol. The zero-order chi connectivity index (χ0) is 22.9. The lowest BCUT2D eigenvalue weighted by molar-refractivity contribution is -0.137. The van der Waals surface area contributed by atoms with Gasteiger partial charge in [0.25, 0.3) is 5.56 Å². The molecule has 0 atom stereocenters. The van der Waals surface area contributed by atoms with E-state index in [9.17, 15) is 14.7 Å². The zero-order valence-corrected chi connectivity index (χ0v) is 18.4. The SMILES string of the molecule is Cc1c(Cc2cn(Cc3ccccc3)c(=O)c3ccccc23)c2ccccc2n1CC(=O)O. The van der Waals surface area contributed by atoms with Gasteiger partial charge in [-0.05, 0) is 41.1 Å². The number of rotatable bonds is 6. The highest BCUT2D eigenvalue weighted by atomic mass is 16.4. The van der Waals surface area contributed by atoms with Gasteiger partial charge in [-0.3, -0.25) is 9.59 Å². The normalized spacial score (nSPS) is 11.3. The minimum atomic E-state index is -0.868. The Bertz CT molecular complexity index is 1540. The van der Waals surface area contributed by atoms with Crippen LogP contribution in [0.5, 0.6) is 0 Å². The predicted octanol–water partition coefficient (Wildman–Crippen LogP) is 4.99. The van der Waals surface area contributed by atoms with Crippen LogP contribution in [0.4, 0.5) is 0 Å². The largest absolute Gasteiger partial charge is 0.480 e. The molecule has 5 heteroatoms. The van der Waals surface area contributed by atoms with Crippen LogP contribution in [0.25, 0.3) is 21.7 Å². The quantitative estimate of drug-likeness (QED) is 0.408. The molecule has 33 heavy (non-hydrogen) atoms. The molecule has 0 aliphatic heterocycles. The van der Waals surface area contributed by atoms with Crippen molar-refractivity contribution in [3.63, 3.8) is 0 Å². The number of nitrogens with zero attached hydrogens (tertiary/aromatic N) is 2. The van der Waals surface area contributed by atoms with Crippen molar-refractivity contribution >= 4 is 27.6 Å². The van der Waals surface area contributed by atoms with Crippen molar-refractivity contribution in [1.29, 1.82) is 0 Å². The van der Waals surface area contributed by atoms with Gasteiger partial charge in [-0.15, -0.1) is 0 Å². The fraction of sp³-hybridized carbons (Fsp3) is 0.143. The number of aliphatic carboxylic acids is 1. The van der Waals surface area contributed by atoms with Crippen LogP contribution in [-0.2, 0) is 24.3 Å². The minimum Gasteiger partial charge on any atom is -0.480 e. The van der Waals surface area contributed by atoms with Crippen LogP contribution in [0.15, 0.2) is 89.9 Å². The number of carboxylic acids is 1. The molecule has 0 amide bonds. The summed E-state index contributed by atoms with van der Waals surface area (Å²) < 4.78 is 3.63. The number of hydrogen-bond acceptors (Lipinski definition) is 2. The molecule has 5 nitrogen and oxygen atoms in total. The van der Waals surface area contributed by atoms with E-state index < -0.39 is 5.97 Å². The maximum atomic E-state index is 13.2. The van der Waals surface area contributed by atoms with Crippen LogP contribution in [0.3, 0.4) is 0 Å². The Morgan fingerprint density at radius 3 is 2.21 bits per heavy atom. The zero-order valence-electron chi connectivity index (χ0n) is 18.4. The van der Waals surface area contributed by atoms with Crippen molar-refractivity contribution in [2.75, 3.05) is 0 Å². The van der Waals surface area contributed by atoms with Gasteiger partial charge in [-0.2, -0.15) is 0 Å². The molecule has 2 heterocycles. The first-order chi connectivity index (χ1) is 16.0. The van der Waals surface area contributed by atoms with E-state index in [-0.39, 0.29) is 12.1 Å². The van der Waals surface area contributed by atoms with Crippen molar-refractivity contribution in [2.24, 2.45) is 0 Å². The first kappa shape index (κ1) is 20.8. The molecule has 0 spiro atoms. The monoisotopic (exact) mass is 436 g/mol. The Labute approximate surface area is 191 Å². The van der Waals surface area contributed by atoms with Gasteiger partial charge in [0.2, 0.25) is 0 Å². The first-order valence-electron chi connectivity index (χ1n) is 11.0. The summed E-state index contributed by atoms with van der Waals surface area (Å²) in [6.45, 7) is 2.39. The van der Waals surface area contributed by atoms with Gasteiger partial charge in [-0.25, -0.2) is 0 Å². The van der Waals surface area contributed by atoms with Crippen molar-refractivity contribution in [2.45, 2.75) is 26.4 Å². The first-order valence-corrected chi connectivity index (χ1v) is 11.0. The van der Waals surface area contributed by atoms with E-state index in [4.69, 9.17) is 0 Å². The van der Waals surface area contributed by atoms with Crippen molar-refractivity contribution in [3.05, 3.63) is 118 Å². The lowest BCUT2D eigenvalue weighted by Gasteiger charge is -2.13. The Morgan fingerprint density at radius 2 is 1.48 bits per heavy atom. The summed E-state index contributed by atoms with van der Waals surface area (Å²) in [5.41, 5.74) is 5.03. The molecule has 0 aliphatic rings. The van der Waals surface area contributed by atoms with Crippen LogP contribution in [-0.4, -0.2) is 20.2 Å². The van der Waals surface area contributed by atoms with Gasteiger partial charge < -0.3 is 14.2 Å². The lowest BCUT2D eigenvalue weighted by Crippen LogP contribution is -2.21. The third-order valence-electron chi connectivity index (χ3n) is 6.29. The summed E-state index contributed by atoms with van der Waals surface area (Å²) in [6.07, 6.45) is 2.56. The molecule has 2 aromatic heterocycles. The second kappa shape index (κ2) is 8.43. The summed E-state index contributed by atoms with van der Waals surface area (Å²) >= 11 is 0. The van der Waals surface area contributed by atoms with Crippen LogP contribution in [0, 0.1) is 6.92 Å². The maximum Gasteiger partial charge on any atom is 0.323 e. The van der Waals surface area contributed by atoms with Crippen molar-refractivity contribution < 1.29 is 9.90 Å². The third-order valence-corrected chi connectivity index (χ3v) is 6.29. The number of para-hydroxylation sites is 1. The van der Waals surface area contributed by atoms with Crippen molar-refractivity contribution in [3.8, 4) is 0 Å². The number of fused-ring (bicyclic) bond motifs is 2. The van der Waals surface area contributed by atoms with Gasteiger partial charge in [0, 0.05) is 34.6 Å². The summed E-state index contributed by atoms with van der Waals surface area (Å²) in [5, 5.41) is 12.1. The molecule has 0 unspecified atom stereocenters. The molecular weight excluding hydrogens is 412 g/mol. The molecule has 0 aliphatic carbocycles. The van der Waals surface area contributed by atoms with Crippen molar-refractivity contribution in [1.82, 2.24) is 9.13 Å². The van der Waals surface area contributed by atoms with Gasteiger partial charge in [0.15, 0.2) is 0 Å². The smallest absolute Gasteiger partial charge is 0.323 e. The summed E-state index contributed by atoms with van der Waals surface area (Å²) in [5.74, 6) is -0.868. The Balaban J connectivity index is 1.68. The van der Waals surface area contributed by atoms with Gasteiger partial charge >= 0.3 is 5.97 Å². The maximum absolute atomic E-state index is 13.2. The molecule has 164 valence electrons. The Kier molecular flexibility index (Phi) is 5.31. The highest BCUT2D eigenvalue weighted by Crippen LogP contribution is 2.30. The van der Waals surface area contributed by atoms with Crippen LogP contribution < -0.4 is 5.56 Å². The van der Waals surface area contributed by atoms with E-state index >= 15 is 0 Å². The van der Waals surface area contributed by atoms with Crippen LogP contribution in [0.2, 0.25) is 0 Å². The van der Waals surface area contributed by atoms with Gasteiger partial charge in [-0.1, -0.05) is 66.7 Å². The van der Waals surface area contributed by atoms with E-state index in [1.807, 2.05) is 96.6 Å². The standard InChI is InChI=1S/C28H24N2O3/c1-19-25(23-12-7-8-14-26(23)30(19)18-27(31)32)15-21-17-29(16-20-9-3-2-4-10-20)28(33)24-13-6-5-11-22(21)24/h2-14,17H,15-16,18H2,1H3,(H,31,32). The van der Waals surface area contributed by atoms with Crippen LogP contribution in [0.1, 0.15) is 22.4 Å². The summed E-state index contributed by atoms with van der Waals surface area (Å²) in [4.78, 5) is 24.7. The molecule has 3 aromatic carbocycles. The third kappa shape index (κ3) is 3.82. The number of aromatic nitrogens is 2. The highest BCUT2D eigenvalue weighted by molar-refractivity contribution is 5.89. The second-order valence-corrected chi connectivity index (χ2v) is 8.36. The molecule has 1 N–H and O–H groups in total. The molecule has 0 fully saturated rings. The van der Waals surface area contributed by atoms with E-state index in [1.165, 1.54) is 0 Å². The number of benzene rings is 3. The fourth-order valence-electron chi connectivity index (χ4n) is 4.71. The summed E-state index contributed by atoms with van der Waals surface area (Å²) in [6, 6.07) is 25.6. The lowest BCUT2D eigenvalue weighted by atomic mass is 9.98. The topological polar surface area (TPSA) is 64.2 Å². The number of pyridine rings is 1. The fourth-order valence-corrected chi connectivity index (χ4v) is 4.71. The average Bonchev–Trinajstić information content (AvgIpc) is 3.08. The molecule has 5 aromatic rings. The van der Waals surface area contributed by atoms with E-state index in [0.29, 0.717) is 18.4 Å². The van der Waals surface area contributed by atoms with Gasteiger partial charge in [0.1, 0.15) is 6.54 Å². The average molecular weight is 437 g/mol. The molecule has 5 rings (SSSR count).